The molecule has 0 bridgehead atoms. The number of pyridine rings is 1. The van der Waals surface area contributed by atoms with E-state index in [4.69, 9.17) is 4.98 Å². The predicted octanol–water partition coefficient (Wildman–Crippen LogP) is 6.42. The summed E-state index contributed by atoms with van der Waals surface area (Å²) in [6, 6.07) is 28.4. The Hall–Kier alpha value is -3.32. The minimum absolute atomic E-state index is 0. The average molecular weight is 553 g/mol. The molecule has 1 saturated heterocycles. The van der Waals surface area contributed by atoms with Crippen molar-refractivity contribution in [3.05, 3.63) is 96.2 Å². The number of aryl methyl sites for hydroxylation is 1. The number of piperazine rings is 1. The van der Waals surface area contributed by atoms with Gasteiger partial charge in [0.15, 0.2) is 0 Å². The number of carbonyl (C=O) groups is 1. The maximum Gasteiger partial charge on any atom is 0.326 e. The largest absolute Gasteiger partial charge is 0.368 e. The molecule has 0 atom stereocenters. The number of rotatable bonds is 6. The molecule has 5 rings (SSSR count). The second kappa shape index (κ2) is 13.5. The maximum absolute atomic E-state index is 12.7. The Morgan fingerprint density at radius 3 is 2.39 bits per heavy atom. The second-order valence-corrected chi connectivity index (χ2v) is 9.40. The lowest BCUT2D eigenvalue weighted by Gasteiger charge is -2.36. The first-order chi connectivity index (χ1) is 17.6. The van der Waals surface area contributed by atoms with E-state index in [0.717, 1.165) is 61.7 Å². The summed E-state index contributed by atoms with van der Waals surface area (Å²) in [5.74, 6) is 0. The quantitative estimate of drug-likeness (QED) is 0.300. The van der Waals surface area contributed by atoms with Gasteiger partial charge in [0.2, 0.25) is 0 Å². The van der Waals surface area contributed by atoms with Gasteiger partial charge in [0.1, 0.15) is 0 Å². The van der Waals surface area contributed by atoms with Crippen molar-refractivity contribution in [1.29, 1.82) is 0 Å². The molecule has 0 saturated carbocycles. The van der Waals surface area contributed by atoms with Gasteiger partial charge in [-0.25, -0.2) is 4.79 Å². The Morgan fingerprint density at radius 2 is 1.63 bits per heavy atom. The van der Waals surface area contributed by atoms with E-state index < -0.39 is 0 Å². The minimum atomic E-state index is -0.145. The second-order valence-electron chi connectivity index (χ2n) is 9.40. The van der Waals surface area contributed by atoms with Crippen LogP contribution in [0.15, 0.2) is 84.9 Å². The number of para-hydroxylation sites is 1. The van der Waals surface area contributed by atoms with Crippen LogP contribution in [-0.2, 0) is 6.42 Å². The van der Waals surface area contributed by atoms with Crippen LogP contribution in [0.2, 0.25) is 0 Å². The highest BCUT2D eigenvalue weighted by Crippen LogP contribution is 2.27. The molecule has 0 radical (unpaired) electrons. The lowest BCUT2D eigenvalue weighted by Crippen LogP contribution is -2.47. The van der Waals surface area contributed by atoms with Crippen LogP contribution in [-0.4, -0.2) is 55.7 Å². The number of aromatic nitrogens is 1. The average Bonchev–Trinajstić information content (AvgIpc) is 2.92. The van der Waals surface area contributed by atoms with Crippen molar-refractivity contribution in [2.24, 2.45) is 0 Å². The molecule has 0 unspecified atom stereocenters. The van der Waals surface area contributed by atoms with Crippen molar-refractivity contribution in [3.8, 4) is 0 Å². The third-order valence-electron chi connectivity index (χ3n) is 6.91. The molecule has 6 nitrogen and oxygen atoms in total. The van der Waals surface area contributed by atoms with Crippen molar-refractivity contribution in [1.82, 2.24) is 9.88 Å². The lowest BCUT2D eigenvalue weighted by molar-refractivity contribution is 0.258. The summed E-state index contributed by atoms with van der Waals surface area (Å²) in [7, 11) is 1.81. The number of benzene rings is 3. The highest BCUT2D eigenvalue weighted by Gasteiger charge is 2.19. The molecule has 0 spiro atoms. The third-order valence-corrected chi connectivity index (χ3v) is 6.91. The number of nitrogens with zero attached hydrogens (tertiary/aromatic N) is 4. The Morgan fingerprint density at radius 1 is 0.895 bits per heavy atom. The van der Waals surface area contributed by atoms with Gasteiger partial charge in [-0.15, -0.1) is 24.8 Å². The normalized spacial score (nSPS) is 13.4. The standard InChI is InChI=1S/C30H33N5O.2ClH/c1-23-14-15-27-28(31-23)12-7-13-29(27)35-20-18-34(19-21-35)17-16-24-8-6-11-26(22-24)33(2)30(36)32-25-9-4-3-5-10-25;;/h3-15,22H,16-21H2,1-2H3,(H,32,36);2*1H. The molecule has 38 heavy (non-hydrogen) atoms. The highest BCUT2D eigenvalue weighted by molar-refractivity contribution is 6.01. The SMILES string of the molecule is Cc1ccc2c(N3CCN(CCc4cccc(N(C)C(=O)Nc5ccccc5)c4)CC3)cccc2n1.Cl.Cl. The van der Waals surface area contributed by atoms with E-state index in [1.165, 1.54) is 16.6 Å². The number of carbonyl (C=O) groups excluding carboxylic acids is 1. The van der Waals surface area contributed by atoms with Gasteiger partial charge in [0, 0.05) is 67.9 Å². The van der Waals surface area contributed by atoms with Crippen LogP contribution in [0, 0.1) is 6.92 Å². The summed E-state index contributed by atoms with van der Waals surface area (Å²) in [5, 5.41) is 4.18. The molecular formula is C30H35Cl2N5O. The summed E-state index contributed by atoms with van der Waals surface area (Å²) < 4.78 is 0. The Kier molecular flexibility index (Phi) is 10.4. The fourth-order valence-corrected chi connectivity index (χ4v) is 4.78. The molecule has 3 aromatic carbocycles. The van der Waals surface area contributed by atoms with Gasteiger partial charge in [0.05, 0.1) is 5.52 Å². The number of nitrogens with one attached hydrogen (secondary N) is 1. The zero-order chi connectivity index (χ0) is 24.9. The molecule has 1 N–H and O–H groups in total. The van der Waals surface area contributed by atoms with E-state index in [1.807, 2.05) is 49.4 Å². The number of anilines is 3. The van der Waals surface area contributed by atoms with Gasteiger partial charge >= 0.3 is 6.03 Å². The fourth-order valence-electron chi connectivity index (χ4n) is 4.78. The molecule has 8 heteroatoms. The van der Waals surface area contributed by atoms with Crippen LogP contribution >= 0.6 is 24.8 Å². The zero-order valence-electron chi connectivity index (χ0n) is 21.8. The minimum Gasteiger partial charge on any atom is -0.368 e. The summed E-state index contributed by atoms with van der Waals surface area (Å²) in [6.07, 6.45) is 0.958. The number of hydrogen-bond donors (Lipinski definition) is 1. The number of halogens is 2. The topological polar surface area (TPSA) is 51.7 Å². The van der Waals surface area contributed by atoms with Crippen molar-refractivity contribution in [2.75, 3.05) is 54.9 Å². The first-order valence-corrected chi connectivity index (χ1v) is 12.6. The monoisotopic (exact) mass is 551 g/mol. The van der Waals surface area contributed by atoms with E-state index in [9.17, 15) is 4.79 Å². The van der Waals surface area contributed by atoms with E-state index >= 15 is 0 Å². The Bertz CT molecular complexity index is 1340. The Labute approximate surface area is 237 Å². The molecule has 1 aromatic heterocycles. The molecule has 2 heterocycles. The molecule has 1 fully saturated rings. The molecule has 200 valence electrons. The third kappa shape index (κ3) is 6.95. The lowest BCUT2D eigenvalue weighted by atomic mass is 10.1. The molecule has 1 aliphatic rings. The van der Waals surface area contributed by atoms with Gasteiger partial charge in [0.25, 0.3) is 0 Å². The molecule has 1 aliphatic heterocycles. The van der Waals surface area contributed by atoms with Gasteiger partial charge in [-0.2, -0.15) is 0 Å². The summed E-state index contributed by atoms with van der Waals surface area (Å²) >= 11 is 0. The molecular weight excluding hydrogens is 517 g/mol. The number of hydrogen-bond acceptors (Lipinski definition) is 4. The highest BCUT2D eigenvalue weighted by atomic mass is 35.5. The fraction of sp³-hybridized carbons (Fsp3) is 0.267. The number of amides is 2. The van der Waals surface area contributed by atoms with Gasteiger partial charge < -0.3 is 10.2 Å². The van der Waals surface area contributed by atoms with Crippen molar-refractivity contribution in [3.63, 3.8) is 0 Å². The first kappa shape index (κ1) is 29.2. The molecule has 2 amide bonds. The van der Waals surface area contributed by atoms with Crippen LogP contribution in [0.1, 0.15) is 11.3 Å². The van der Waals surface area contributed by atoms with Crippen LogP contribution in [0.25, 0.3) is 10.9 Å². The zero-order valence-corrected chi connectivity index (χ0v) is 23.5. The summed E-state index contributed by atoms with van der Waals surface area (Å²) in [5.41, 5.74) is 6.33. The maximum atomic E-state index is 12.7. The number of fused-ring (bicyclic) bond motifs is 1. The van der Waals surface area contributed by atoms with Crippen molar-refractivity contribution < 1.29 is 4.79 Å². The van der Waals surface area contributed by atoms with Crippen LogP contribution in [0.3, 0.4) is 0 Å². The summed E-state index contributed by atoms with van der Waals surface area (Å²) in [4.78, 5) is 24.0. The van der Waals surface area contributed by atoms with E-state index in [0.29, 0.717) is 0 Å². The van der Waals surface area contributed by atoms with Gasteiger partial charge in [-0.1, -0.05) is 36.4 Å². The van der Waals surface area contributed by atoms with E-state index in [-0.39, 0.29) is 30.8 Å². The van der Waals surface area contributed by atoms with Crippen molar-refractivity contribution >= 4 is 58.8 Å². The van der Waals surface area contributed by atoms with Crippen molar-refractivity contribution in [2.45, 2.75) is 13.3 Å². The van der Waals surface area contributed by atoms with E-state index in [1.54, 1.807) is 11.9 Å². The van der Waals surface area contributed by atoms with Crippen LogP contribution in [0.4, 0.5) is 21.9 Å². The van der Waals surface area contributed by atoms with Crippen LogP contribution in [0.5, 0.6) is 0 Å². The number of urea groups is 1. The van der Waals surface area contributed by atoms with E-state index in [2.05, 4.69) is 57.6 Å². The van der Waals surface area contributed by atoms with Crippen LogP contribution < -0.4 is 15.1 Å². The summed E-state index contributed by atoms with van der Waals surface area (Å²) in [6.45, 7) is 7.14. The molecule has 4 aromatic rings. The van der Waals surface area contributed by atoms with Gasteiger partial charge in [-0.3, -0.25) is 14.8 Å². The smallest absolute Gasteiger partial charge is 0.326 e. The van der Waals surface area contributed by atoms with Gasteiger partial charge in [-0.05, 0) is 67.4 Å². The Balaban J connectivity index is 0.00000200. The first-order valence-electron chi connectivity index (χ1n) is 12.6. The molecule has 0 aliphatic carbocycles. The predicted molar refractivity (Wildman–Crippen MR) is 164 cm³/mol.